The number of hydrogen-bond donors (Lipinski definition) is 0. The van der Waals surface area contributed by atoms with Gasteiger partial charge in [-0.05, 0) is 33.7 Å². The number of hydrogen-bond acceptors (Lipinski definition) is 8. The summed E-state index contributed by atoms with van der Waals surface area (Å²) < 4.78 is 12.2. The number of rotatable bonds is 4. The van der Waals surface area contributed by atoms with E-state index in [1.54, 1.807) is 12.1 Å². The zero-order chi connectivity index (χ0) is 26.0. The molecule has 0 unspecified atom stereocenters. The molecular formula is C28H14N4O6. The Kier molecular flexibility index (Phi) is 4.52. The van der Waals surface area contributed by atoms with E-state index in [-0.39, 0.29) is 11.4 Å². The van der Waals surface area contributed by atoms with Crippen molar-refractivity contribution in [1.29, 1.82) is 0 Å². The lowest BCUT2D eigenvalue weighted by Crippen LogP contribution is -1.91. The maximum atomic E-state index is 11.3. The molecule has 5 aromatic carbocycles. The third-order valence-corrected chi connectivity index (χ3v) is 6.52. The lowest BCUT2D eigenvalue weighted by Gasteiger charge is -2.13. The molecule has 2 aromatic heterocycles. The van der Waals surface area contributed by atoms with Crippen molar-refractivity contribution >= 4 is 55.1 Å². The smallest absolute Gasteiger partial charge is 0.271 e. The molecule has 0 bridgehead atoms. The first-order valence-corrected chi connectivity index (χ1v) is 11.5. The first-order chi connectivity index (χ1) is 18.5. The minimum absolute atomic E-state index is 0.0707. The number of nitro groups is 2. The predicted molar refractivity (Wildman–Crippen MR) is 141 cm³/mol. The SMILES string of the molecule is O=[N+]([O-])c1ccc2oc(-c3c4ccccc4c(-c4nc5cc([N+](=O)[O-])ccc5o4)c4ccccc34)nc2c1. The van der Waals surface area contributed by atoms with Gasteiger partial charge in [-0.3, -0.25) is 20.2 Å². The molecule has 0 amide bonds. The van der Waals surface area contributed by atoms with Crippen molar-refractivity contribution < 1.29 is 18.7 Å². The van der Waals surface area contributed by atoms with E-state index in [2.05, 4.69) is 9.97 Å². The first kappa shape index (κ1) is 21.6. The highest BCUT2D eigenvalue weighted by Crippen LogP contribution is 2.44. The Bertz CT molecular complexity index is 1900. The van der Waals surface area contributed by atoms with Gasteiger partial charge in [0.05, 0.1) is 21.0 Å². The van der Waals surface area contributed by atoms with E-state index in [9.17, 15) is 20.2 Å². The van der Waals surface area contributed by atoms with E-state index in [0.717, 1.165) is 32.7 Å². The van der Waals surface area contributed by atoms with Gasteiger partial charge >= 0.3 is 0 Å². The zero-order valence-electron chi connectivity index (χ0n) is 19.3. The van der Waals surface area contributed by atoms with Crippen LogP contribution in [-0.4, -0.2) is 19.8 Å². The highest BCUT2D eigenvalue weighted by molar-refractivity contribution is 6.20. The second-order valence-corrected chi connectivity index (χ2v) is 8.70. The second kappa shape index (κ2) is 7.93. The topological polar surface area (TPSA) is 138 Å². The predicted octanol–water partition coefficient (Wildman–Crippen LogP) is 7.43. The van der Waals surface area contributed by atoms with Gasteiger partial charge in [0.25, 0.3) is 11.4 Å². The number of fused-ring (bicyclic) bond motifs is 4. The maximum absolute atomic E-state index is 11.3. The van der Waals surface area contributed by atoms with Crippen molar-refractivity contribution in [3.05, 3.63) is 105 Å². The Balaban J connectivity index is 1.54. The zero-order valence-corrected chi connectivity index (χ0v) is 19.3. The van der Waals surface area contributed by atoms with Crippen molar-refractivity contribution in [2.75, 3.05) is 0 Å². The normalized spacial score (nSPS) is 11.6. The molecule has 2 heterocycles. The minimum atomic E-state index is -0.470. The molecule has 0 saturated heterocycles. The average molecular weight is 502 g/mol. The van der Waals surface area contributed by atoms with Gasteiger partial charge in [0, 0.05) is 24.3 Å². The summed E-state index contributed by atoms with van der Waals surface area (Å²) in [7, 11) is 0. The van der Waals surface area contributed by atoms with Crippen LogP contribution in [0.2, 0.25) is 0 Å². The Labute approximate surface area is 212 Å². The molecule has 0 fully saturated rings. The van der Waals surface area contributed by atoms with Gasteiger partial charge < -0.3 is 8.83 Å². The average Bonchev–Trinajstić information content (AvgIpc) is 3.54. The van der Waals surface area contributed by atoms with E-state index >= 15 is 0 Å². The van der Waals surface area contributed by atoms with Crippen LogP contribution in [0.3, 0.4) is 0 Å². The Morgan fingerprint density at radius 1 is 0.553 bits per heavy atom. The Morgan fingerprint density at radius 3 is 1.26 bits per heavy atom. The van der Waals surface area contributed by atoms with Crippen LogP contribution in [0.5, 0.6) is 0 Å². The summed E-state index contributed by atoms with van der Waals surface area (Å²) in [6.07, 6.45) is 0. The standard InChI is InChI=1S/C28H14N4O6/c33-31(34)15-9-11-23-21(13-15)29-27(37-23)25-17-5-1-2-6-18(17)26(20-8-4-3-7-19(20)25)28-30-22-14-16(32(35)36)10-12-24(22)38-28/h1-14H. The lowest BCUT2D eigenvalue weighted by atomic mass is 9.91. The van der Waals surface area contributed by atoms with Crippen LogP contribution in [0.15, 0.2) is 93.8 Å². The summed E-state index contributed by atoms with van der Waals surface area (Å²) in [5.74, 6) is 0.653. The molecule has 7 aromatic rings. The van der Waals surface area contributed by atoms with Crippen molar-refractivity contribution in [1.82, 2.24) is 9.97 Å². The molecule has 0 saturated carbocycles. The summed E-state index contributed by atoms with van der Waals surface area (Å²) in [6.45, 7) is 0. The van der Waals surface area contributed by atoms with Crippen LogP contribution < -0.4 is 0 Å². The molecule has 38 heavy (non-hydrogen) atoms. The van der Waals surface area contributed by atoms with Gasteiger partial charge in [0.1, 0.15) is 11.0 Å². The minimum Gasteiger partial charge on any atom is -0.436 e. The molecule has 0 radical (unpaired) electrons. The first-order valence-electron chi connectivity index (χ1n) is 11.5. The number of nitrogens with zero attached hydrogens (tertiary/aromatic N) is 4. The molecule has 0 aliphatic heterocycles. The summed E-state index contributed by atoms with van der Waals surface area (Å²) in [6, 6.07) is 24.0. The van der Waals surface area contributed by atoms with Crippen molar-refractivity contribution in [3.63, 3.8) is 0 Å². The molecule has 0 aliphatic rings. The second-order valence-electron chi connectivity index (χ2n) is 8.70. The van der Waals surface area contributed by atoms with Crippen LogP contribution in [0.25, 0.3) is 66.7 Å². The monoisotopic (exact) mass is 502 g/mol. The Morgan fingerprint density at radius 2 is 0.921 bits per heavy atom. The number of aromatic nitrogens is 2. The van der Waals surface area contributed by atoms with E-state index in [1.165, 1.54) is 24.3 Å². The fraction of sp³-hybridized carbons (Fsp3) is 0. The fourth-order valence-electron chi connectivity index (χ4n) is 4.86. The third-order valence-electron chi connectivity index (χ3n) is 6.52. The van der Waals surface area contributed by atoms with Crippen molar-refractivity contribution in [2.24, 2.45) is 0 Å². The van der Waals surface area contributed by atoms with Crippen LogP contribution >= 0.6 is 0 Å². The molecule has 0 aliphatic carbocycles. The third kappa shape index (κ3) is 3.21. The molecule has 182 valence electrons. The van der Waals surface area contributed by atoms with Gasteiger partial charge in [0.15, 0.2) is 11.2 Å². The van der Waals surface area contributed by atoms with Gasteiger partial charge in [-0.2, -0.15) is 0 Å². The van der Waals surface area contributed by atoms with Gasteiger partial charge in [0.2, 0.25) is 11.8 Å². The van der Waals surface area contributed by atoms with Crippen LogP contribution in [0.1, 0.15) is 0 Å². The lowest BCUT2D eigenvalue weighted by molar-refractivity contribution is -0.384. The summed E-state index contributed by atoms with van der Waals surface area (Å²) >= 11 is 0. The van der Waals surface area contributed by atoms with Gasteiger partial charge in [-0.1, -0.05) is 48.5 Å². The molecule has 0 spiro atoms. The Hall–Kier alpha value is -5.64. The van der Waals surface area contributed by atoms with E-state index in [0.29, 0.717) is 34.0 Å². The summed E-state index contributed by atoms with van der Waals surface area (Å²) in [5, 5.41) is 25.8. The largest absolute Gasteiger partial charge is 0.436 e. The van der Waals surface area contributed by atoms with Crippen LogP contribution in [0, 0.1) is 20.2 Å². The molecular weight excluding hydrogens is 488 g/mol. The van der Waals surface area contributed by atoms with Gasteiger partial charge in [-0.15, -0.1) is 0 Å². The molecule has 0 N–H and O–H groups in total. The highest BCUT2D eigenvalue weighted by atomic mass is 16.6. The molecule has 0 atom stereocenters. The number of non-ortho nitro benzene ring substituents is 2. The van der Waals surface area contributed by atoms with Crippen molar-refractivity contribution in [3.8, 4) is 22.9 Å². The number of benzene rings is 5. The van der Waals surface area contributed by atoms with Gasteiger partial charge in [-0.25, -0.2) is 9.97 Å². The van der Waals surface area contributed by atoms with Crippen molar-refractivity contribution in [2.45, 2.75) is 0 Å². The highest BCUT2D eigenvalue weighted by Gasteiger charge is 2.23. The fourth-order valence-corrected chi connectivity index (χ4v) is 4.86. The van der Waals surface area contributed by atoms with Crippen LogP contribution in [-0.2, 0) is 0 Å². The van der Waals surface area contributed by atoms with E-state index in [4.69, 9.17) is 8.83 Å². The maximum Gasteiger partial charge on any atom is 0.271 e. The van der Waals surface area contributed by atoms with E-state index in [1.807, 2.05) is 48.5 Å². The molecule has 10 nitrogen and oxygen atoms in total. The van der Waals surface area contributed by atoms with E-state index < -0.39 is 9.85 Å². The molecule has 10 heteroatoms. The summed E-state index contributed by atoms with van der Waals surface area (Å²) in [4.78, 5) is 30.8. The number of nitro benzene ring substituents is 2. The molecule has 7 rings (SSSR count). The quantitative estimate of drug-likeness (QED) is 0.138. The number of oxazole rings is 2. The van der Waals surface area contributed by atoms with Crippen LogP contribution in [0.4, 0.5) is 11.4 Å². The summed E-state index contributed by atoms with van der Waals surface area (Å²) in [5.41, 5.74) is 2.94.